The van der Waals surface area contributed by atoms with Gasteiger partial charge < -0.3 is 0 Å². The van der Waals surface area contributed by atoms with Crippen molar-refractivity contribution in [2.45, 2.75) is 25.7 Å². The van der Waals surface area contributed by atoms with Crippen LogP contribution in [0.2, 0.25) is 0 Å². The number of hydrogen-bond acceptors (Lipinski definition) is 0. The van der Waals surface area contributed by atoms with Crippen LogP contribution in [-0.4, -0.2) is 0 Å². The van der Waals surface area contributed by atoms with Crippen molar-refractivity contribution < 1.29 is 19.5 Å². The average Bonchev–Trinajstić information content (AvgIpc) is 1.62. The van der Waals surface area contributed by atoms with Crippen LogP contribution in [0.1, 0.15) is 25.7 Å². The van der Waals surface area contributed by atoms with Crippen LogP contribution in [0, 0.1) is 0 Å². The molecule has 0 aromatic rings. The third kappa shape index (κ3) is 6.51. The van der Waals surface area contributed by atoms with E-state index in [1.165, 1.54) is 25.7 Å². The van der Waals surface area contributed by atoms with Gasteiger partial charge in [-0.3, -0.25) is 0 Å². The van der Waals surface area contributed by atoms with E-state index in [1.807, 2.05) is 0 Å². The Morgan fingerprint density at radius 1 is 0.600 bits per heavy atom. The molecule has 0 heterocycles. The van der Waals surface area contributed by atoms with Gasteiger partial charge in [0.2, 0.25) is 0 Å². The largest absolute Gasteiger partial charge is 0.147 e. The summed E-state index contributed by atoms with van der Waals surface area (Å²) in [6.07, 6.45) is 14.0. The summed E-state index contributed by atoms with van der Waals surface area (Å²) in [4.78, 5) is 0. The van der Waals surface area contributed by atoms with Crippen molar-refractivity contribution >= 4 is 12.4 Å². The van der Waals surface area contributed by atoms with Crippen molar-refractivity contribution in [3.8, 4) is 0 Å². The van der Waals surface area contributed by atoms with E-state index in [0.717, 1.165) is 0 Å². The first kappa shape index (κ1) is 13.0. The predicted octanol–water partition coefficient (Wildman–Crippen LogP) is 3.09. The molecule has 0 aromatic heterocycles. The molecule has 1 aliphatic carbocycles. The second-order valence-corrected chi connectivity index (χ2v) is 2.10. The van der Waals surface area contributed by atoms with Gasteiger partial charge in [0.25, 0.3) is 0 Å². The number of hydrogen-bond donors (Lipinski definition) is 0. The van der Waals surface area contributed by atoms with Crippen molar-refractivity contribution in [2.24, 2.45) is 0 Å². The Hall–Kier alpha value is 0.393. The Morgan fingerprint density at radius 2 is 0.800 bits per heavy atom. The first-order valence-electron chi connectivity index (χ1n) is 3.30. The van der Waals surface area contributed by atoms with E-state index in [2.05, 4.69) is 24.3 Å². The van der Waals surface area contributed by atoms with E-state index in [0.29, 0.717) is 0 Å². The zero-order valence-electron chi connectivity index (χ0n) is 5.90. The van der Waals surface area contributed by atoms with Crippen molar-refractivity contribution in [3.63, 3.8) is 0 Å². The van der Waals surface area contributed by atoms with Gasteiger partial charge in [0.1, 0.15) is 0 Å². The SMILES string of the molecule is C1=CCCC=CCC1.Cl.[Ru]. The van der Waals surface area contributed by atoms with Gasteiger partial charge in [0, 0.05) is 19.5 Å². The van der Waals surface area contributed by atoms with Crippen LogP contribution < -0.4 is 0 Å². The number of allylic oxidation sites excluding steroid dienone is 4. The fourth-order valence-electron chi connectivity index (χ4n) is 0.856. The van der Waals surface area contributed by atoms with E-state index in [4.69, 9.17) is 0 Å². The summed E-state index contributed by atoms with van der Waals surface area (Å²) in [6.45, 7) is 0. The van der Waals surface area contributed by atoms with Crippen LogP contribution in [0.4, 0.5) is 0 Å². The summed E-state index contributed by atoms with van der Waals surface area (Å²) in [5, 5.41) is 0. The molecule has 1 aliphatic rings. The topological polar surface area (TPSA) is 0 Å². The second-order valence-electron chi connectivity index (χ2n) is 2.10. The summed E-state index contributed by atoms with van der Waals surface area (Å²) >= 11 is 0. The number of rotatable bonds is 0. The molecule has 0 bridgehead atoms. The normalized spacial score (nSPS) is 16.0. The molecule has 0 saturated carbocycles. The molecular weight excluding hydrogens is 233 g/mol. The van der Waals surface area contributed by atoms with E-state index in [1.54, 1.807) is 0 Å². The van der Waals surface area contributed by atoms with Crippen LogP contribution in [0.15, 0.2) is 24.3 Å². The van der Waals surface area contributed by atoms with Crippen molar-refractivity contribution in [1.29, 1.82) is 0 Å². The molecule has 2 heteroatoms. The minimum atomic E-state index is 0. The maximum Gasteiger partial charge on any atom is 0 e. The fraction of sp³-hybridized carbons (Fsp3) is 0.500. The van der Waals surface area contributed by atoms with Gasteiger partial charge in [0.15, 0.2) is 0 Å². The Labute approximate surface area is 81.9 Å². The minimum absolute atomic E-state index is 0. The van der Waals surface area contributed by atoms with Crippen molar-refractivity contribution in [2.75, 3.05) is 0 Å². The third-order valence-corrected chi connectivity index (χ3v) is 1.33. The van der Waals surface area contributed by atoms with Crippen LogP contribution in [0.5, 0.6) is 0 Å². The molecule has 0 nitrogen and oxygen atoms in total. The molecule has 0 spiro atoms. The smallest absolute Gasteiger partial charge is 0 e. The predicted molar refractivity (Wildman–Crippen MR) is 44.0 cm³/mol. The molecule has 0 aromatic carbocycles. The average molecular weight is 246 g/mol. The maximum absolute atomic E-state index is 2.27. The van der Waals surface area contributed by atoms with Crippen LogP contribution in [-0.2, 0) is 19.5 Å². The first-order valence-corrected chi connectivity index (χ1v) is 3.30. The van der Waals surface area contributed by atoms with E-state index < -0.39 is 0 Å². The van der Waals surface area contributed by atoms with Crippen LogP contribution >= 0.6 is 12.4 Å². The maximum atomic E-state index is 2.27. The second kappa shape index (κ2) is 9.39. The van der Waals surface area contributed by atoms with Gasteiger partial charge in [-0.15, -0.1) is 12.4 Å². The zero-order chi connectivity index (χ0) is 5.66. The Balaban J connectivity index is 0. The Kier molecular flexibility index (Phi) is 12.2. The quantitative estimate of drug-likeness (QED) is 0.455. The molecule has 0 unspecified atom stereocenters. The van der Waals surface area contributed by atoms with Gasteiger partial charge in [0.05, 0.1) is 0 Å². The molecular formula is C8H13ClRu. The molecule has 60 valence electrons. The Morgan fingerprint density at radius 3 is 1.00 bits per heavy atom. The monoisotopic (exact) mass is 246 g/mol. The third-order valence-electron chi connectivity index (χ3n) is 1.33. The molecule has 0 atom stereocenters. The Bertz CT molecular complexity index is 81.8. The minimum Gasteiger partial charge on any atom is -0.147 e. The zero-order valence-corrected chi connectivity index (χ0v) is 8.45. The molecule has 1 rings (SSSR count). The molecule has 10 heavy (non-hydrogen) atoms. The molecule has 0 amide bonds. The van der Waals surface area contributed by atoms with Gasteiger partial charge in [-0.1, -0.05) is 24.3 Å². The molecule has 0 saturated heterocycles. The van der Waals surface area contributed by atoms with E-state index in [9.17, 15) is 0 Å². The van der Waals surface area contributed by atoms with Gasteiger partial charge >= 0.3 is 0 Å². The fourth-order valence-corrected chi connectivity index (χ4v) is 0.856. The van der Waals surface area contributed by atoms with Gasteiger partial charge in [-0.05, 0) is 25.7 Å². The molecule has 0 fully saturated rings. The summed E-state index contributed by atoms with van der Waals surface area (Å²) in [6, 6.07) is 0. The standard InChI is InChI=1S/C8H12.ClH.Ru/c1-2-4-6-8-7-5-3-1;;/h1-2,7-8H,3-6H2;1H;. The van der Waals surface area contributed by atoms with Crippen LogP contribution in [0.25, 0.3) is 0 Å². The van der Waals surface area contributed by atoms with Gasteiger partial charge in [-0.25, -0.2) is 0 Å². The summed E-state index contributed by atoms with van der Waals surface area (Å²) in [5.41, 5.74) is 0. The van der Waals surface area contributed by atoms with E-state index in [-0.39, 0.29) is 31.9 Å². The summed E-state index contributed by atoms with van der Waals surface area (Å²) in [5.74, 6) is 0. The molecule has 0 radical (unpaired) electrons. The van der Waals surface area contributed by atoms with Crippen LogP contribution in [0.3, 0.4) is 0 Å². The van der Waals surface area contributed by atoms with Crippen molar-refractivity contribution in [1.82, 2.24) is 0 Å². The van der Waals surface area contributed by atoms with Crippen molar-refractivity contribution in [3.05, 3.63) is 24.3 Å². The number of halogens is 1. The first-order chi connectivity index (χ1) is 4.00. The molecule has 0 N–H and O–H groups in total. The summed E-state index contributed by atoms with van der Waals surface area (Å²) in [7, 11) is 0. The summed E-state index contributed by atoms with van der Waals surface area (Å²) < 4.78 is 0. The van der Waals surface area contributed by atoms with Gasteiger partial charge in [-0.2, -0.15) is 0 Å². The molecule has 0 aliphatic heterocycles. The van der Waals surface area contributed by atoms with E-state index >= 15 is 0 Å².